The molecule has 3 heterocycles. The zero-order chi connectivity index (χ0) is 27.4. The number of carbonyl (C=O) groups is 1. The van der Waals surface area contributed by atoms with Crippen molar-refractivity contribution in [2.75, 3.05) is 25.0 Å². The molecule has 1 aliphatic carbocycles. The molecule has 2 aromatic heterocycles. The Morgan fingerprint density at radius 2 is 1.95 bits per heavy atom. The molecule has 3 aromatic rings. The average molecular weight is 524 g/mol. The Balaban J connectivity index is 1.42. The van der Waals surface area contributed by atoms with Gasteiger partial charge in [-0.15, -0.1) is 0 Å². The molecule has 5 rings (SSSR count). The van der Waals surface area contributed by atoms with Crippen molar-refractivity contribution in [1.29, 1.82) is 0 Å². The number of carboxylic acid groups (broad SMARTS) is 1. The number of likely N-dealkylation sites (tertiary alicyclic amines) is 1. The first-order chi connectivity index (χ1) is 17.9. The van der Waals surface area contributed by atoms with Crippen LogP contribution in [0.25, 0.3) is 17.1 Å². The molecule has 8 nitrogen and oxygen atoms in total. The van der Waals surface area contributed by atoms with Gasteiger partial charge in [0, 0.05) is 36.9 Å². The minimum atomic E-state index is -2.36. The number of nitrogens with zero attached hydrogens (tertiary/aromatic N) is 3. The Hall–Kier alpha value is -3.63. The lowest BCUT2D eigenvalue weighted by Gasteiger charge is -2.48. The number of hydrogen-bond acceptors (Lipinski definition) is 6. The summed E-state index contributed by atoms with van der Waals surface area (Å²) in [4.78, 5) is 30.6. The van der Waals surface area contributed by atoms with E-state index in [9.17, 15) is 14.7 Å². The van der Waals surface area contributed by atoms with E-state index in [0.717, 1.165) is 23.7 Å². The lowest BCUT2D eigenvalue weighted by Crippen LogP contribution is -2.64. The van der Waals surface area contributed by atoms with Crippen LogP contribution in [0.4, 0.5) is 14.5 Å². The van der Waals surface area contributed by atoms with Gasteiger partial charge in [-0.2, -0.15) is 0 Å². The van der Waals surface area contributed by atoms with E-state index < -0.39 is 34.1 Å². The van der Waals surface area contributed by atoms with Gasteiger partial charge in [-0.3, -0.25) is 9.69 Å². The third-order valence-corrected chi connectivity index (χ3v) is 7.23. The Labute approximate surface area is 218 Å². The van der Waals surface area contributed by atoms with Crippen LogP contribution in [0.15, 0.2) is 47.2 Å². The molecule has 38 heavy (non-hydrogen) atoms. The second-order valence-electron chi connectivity index (χ2n) is 11.0. The number of anilines is 1. The van der Waals surface area contributed by atoms with E-state index in [-0.39, 0.29) is 29.1 Å². The van der Waals surface area contributed by atoms with Gasteiger partial charge in [0.25, 0.3) is 0 Å². The quantitative estimate of drug-likeness (QED) is 0.423. The zero-order valence-corrected chi connectivity index (χ0v) is 21.6. The molecular weight excluding hydrogens is 492 g/mol. The molecule has 10 heteroatoms. The van der Waals surface area contributed by atoms with Gasteiger partial charge in [0.05, 0.1) is 17.1 Å². The SMILES string of the molecule is CC(C)(C)n1cc(C(=O)O)c(=O)c2cc3c(nc21)CC(F)(N1CC(Nc2ccc(CCN)cc2)C1)C(F)=C3. The molecule has 1 atom stereocenters. The predicted octanol–water partition coefficient (Wildman–Crippen LogP) is 3.68. The van der Waals surface area contributed by atoms with Crippen molar-refractivity contribution in [3.8, 4) is 0 Å². The van der Waals surface area contributed by atoms with Crippen molar-refractivity contribution in [2.24, 2.45) is 5.73 Å². The highest BCUT2D eigenvalue weighted by molar-refractivity contribution is 5.92. The van der Waals surface area contributed by atoms with Crippen LogP contribution in [0.2, 0.25) is 0 Å². The van der Waals surface area contributed by atoms with Crippen LogP contribution in [0.1, 0.15) is 48.0 Å². The van der Waals surface area contributed by atoms with Crippen LogP contribution >= 0.6 is 0 Å². The van der Waals surface area contributed by atoms with Crippen molar-refractivity contribution >= 4 is 28.8 Å². The molecule has 2 aliphatic rings. The van der Waals surface area contributed by atoms with E-state index >= 15 is 8.78 Å². The van der Waals surface area contributed by atoms with Crippen molar-refractivity contribution in [3.05, 3.63) is 75.0 Å². The van der Waals surface area contributed by atoms with E-state index in [2.05, 4.69) is 10.3 Å². The summed E-state index contributed by atoms with van der Waals surface area (Å²) in [7, 11) is 0. The lowest BCUT2D eigenvalue weighted by atomic mass is 9.90. The van der Waals surface area contributed by atoms with Gasteiger partial charge in [0.1, 0.15) is 11.2 Å². The number of rotatable bonds is 6. The summed E-state index contributed by atoms with van der Waals surface area (Å²) in [5.74, 6) is -4.67. The fourth-order valence-electron chi connectivity index (χ4n) is 5.08. The maximum absolute atomic E-state index is 16.2. The fourth-order valence-corrected chi connectivity index (χ4v) is 5.08. The van der Waals surface area contributed by atoms with Crippen LogP contribution < -0.4 is 16.5 Å². The lowest BCUT2D eigenvalue weighted by molar-refractivity contribution is -0.0643. The van der Waals surface area contributed by atoms with Crippen molar-refractivity contribution in [1.82, 2.24) is 14.5 Å². The molecule has 0 amide bonds. The van der Waals surface area contributed by atoms with Crippen LogP contribution in [-0.2, 0) is 18.4 Å². The van der Waals surface area contributed by atoms with E-state index in [4.69, 9.17) is 5.73 Å². The van der Waals surface area contributed by atoms with Crippen LogP contribution in [-0.4, -0.2) is 57.0 Å². The van der Waals surface area contributed by atoms with Crippen LogP contribution in [0.5, 0.6) is 0 Å². The maximum Gasteiger partial charge on any atom is 0.341 e. The van der Waals surface area contributed by atoms with E-state index in [1.54, 1.807) is 4.57 Å². The number of aromatic nitrogens is 2. The molecule has 200 valence electrons. The molecule has 0 radical (unpaired) electrons. The van der Waals surface area contributed by atoms with E-state index in [1.807, 2.05) is 45.0 Å². The first kappa shape index (κ1) is 26.0. The second kappa shape index (κ2) is 9.28. The Morgan fingerprint density at radius 1 is 1.26 bits per heavy atom. The fraction of sp³-hybridized carbons (Fsp3) is 0.393. The van der Waals surface area contributed by atoms with Crippen LogP contribution in [0, 0.1) is 0 Å². The molecule has 1 fully saturated rings. The van der Waals surface area contributed by atoms with Gasteiger partial charge in [0.15, 0.2) is 5.83 Å². The minimum absolute atomic E-state index is 0.0396. The highest BCUT2D eigenvalue weighted by Gasteiger charge is 2.50. The topological polar surface area (TPSA) is 113 Å². The Kier molecular flexibility index (Phi) is 6.35. The molecule has 0 saturated carbocycles. The summed E-state index contributed by atoms with van der Waals surface area (Å²) in [6.45, 7) is 6.73. The number of hydrogen-bond donors (Lipinski definition) is 3. The normalized spacial score (nSPS) is 20.1. The van der Waals surface area contributed by atoms with Gasteiger partial charge >= 0.3 is 5.97 Å². The molecule has 1 aliphatic heterocycles. The predicted molar refractivity (Wildman–Crippen MR) is 143 cm³/mol. The van der Waals surface area contributed by atoms with Gasteiger partial charge < -0.3 is 20.7 Å². The van der Waals surface area contributed by atoms with E-state index in [1.165, 1.54) is 17.2 Å². The van der Waals surface area contributed by atoms with Gasteiger partial charge in [-0.1, -0.05) is 12.1 Å². The molecule has 1 saturated heterocycles. The molecule has 1 aromatic carbocycles. The number of nitrogens with two attached hydrogens (primary N) is 1. The summed E-state index contributed by atoms with van der Waals surface area (Å²) >= 11 is 0. The maximum atomic E-state index is 16.2. The van der Waals surface area contributed by atoms with Crippen molar-refractivity contribution < 1.29 is 18.7 Å². The first-order valence-electron chi connectivity index (χ1n) is 12.6. The number of alkyl halides is 1. The third kappa shape index (κ3) is 4.48. The second-order valence-corrected chi connectivity index (χ2v) is 11.0. The van der Waals surface area contributed by atoms with Gasteiger partial charge in [0.2, 0.25) is 11.2 Å². The molecule has 4 N–H and O–H groups in total. The van der Waals surface area contributed by atoms with Crippen LogP contribution in [0.3, 0.4) is 0 Å². The van der Waals surface area contributed by atoms with Gasteiger partial charge in [-0.25, -0.2) is 18.6 Å². The monoisotopic (exact) mass is 523 g/mol. The Morgan fingerprint density at radius 3 is 2.55 bits per heavy atom. The summed E-state index contributed by atoms with van der Waals surface area (Å²) in [5.41, 5.74) is 6.75. The first-order valence-corrected chi connectivity index (χ1v) is 12.6. The number of pyridine rings is 2. The highest BCUT2D eigenvalue weighted by atomic mass is 19.2. The summed E-state index contributed by atoms with van der Waals surface area (Å²) in [6.07, 6.45) is 2.81. The number of halogens is 2. The smallest absolute Gasteiger partial charge is 0.341 e. The number of benzene rings is 1. The summed E-state index contributed by atoms with van der Waals surface area (Å²) in [6, 6.07) is 9.28. The third-order valence-electron chi connectivity index (χ3n) is 7.23. The van der Waals surface area contributed by atoms with Crippen molar-refractivity contribution in [3.63, 3.8) is 0 Å². The standard InChI is InChI=1S/C28H31F2N5O3/c1-27(2,3)35-15-21(26(37)38)24(36)20-10-17-11-23(29)28(30,12-22(17)33-25(20)35)34-13-19(14-34)32-18-6-4-16(5-7-18)8-9-31/h4-7,10-11,15,19,32H,8-9,12-14,31H2,1-3H3,(H,37,38). The average Bonchev–Trinajstić information content (AvgIpc) is 2.81. The molecule has 1 unspecified atom stereocenters. The number of fused-ring (bicyclic) bond motifs is 2. The minimum Gasteiger partial charge on any atom is -0.477 e. The van der Waals surface area contributed by atoms with Gasteiger partial charge in [-0.05, 0) is 69.1 Å². The van der Waals surface area contributed by atoms with E-state index in [0.29, 0.717) is 25.3 Å². The Bertz CT molecular complexity index is 1500. The van der Waals surface area contributed by atoms with Crippen molar-refractivity contribution in [2.45, 2.75) is 51.0 Å². The summed E-state index contributed by atoms with van der Waals surface area (Å²) < 4.78 is 33.0. The molecule has 0 spiro atoms. The highest BCUT2D eigenvalue weighted by Crippen LogP contribution is 2.41. The number of carboxylic acids is 1. The zero-order valence-electron chi connectivity index (χ0n) is 21.6. The molecular formula is C28H31F2N5O3. The summed E-state index contributed by atoms with van der Waals surface area (Å²) in [5, 5.41) is 12.9. The number of aromatic carboxylic acids is 1. The molecule has 0 bridgehead atoms. The largest absolute Gasteiger partial charge is 0.477 e. The number of nitrogens with one attached hydrogen (secondary N) is 1.